The van der Waals surface area contributed by atoms with Crippen molar-refractivity contribution in [2.24, 2.45) is 0 Å². The van der Waals surface area contributed by atoms with Gasteiger partial charge in [-0.1, -0.05) is 86.6 Å². The Morgan fingerprint density at radius 3 is 1.41 bits per heavy atom. The highest BCUT2D eigenvalue weighted by Gasteiger charge is 2.42. The van der Waals surface area contributed by atoms with Gasteiger partial charge in [-0.3, -0.25) is 19.2 Å². The van der Waals surface area contributed by atoms with Crippen molar-refractivity contribution < 1.29 is 38.1 Å². The van der Waals surface area contributed by atoms with Crippen LogP contribution in [-0.4, -0.2) is 59.1 Å². The molecule has 3 aromatic carbocycles. The number of nitrogens with zero attached hydrogens (tertiary/aromatic N) is 2. The molecule has 0 N–H and O–H groups in total. The van der Waals surface area contributed by atoms with Crippen LogP contribution in [0, 0.1) is 13.8 Å². The van der Waals surface area contributed by atoms with E-state index in [0.29, 0.717) is 52.1 Å². The van der Waals surface area contributed by atoms with E-state index in [1.807, 2.05) is 50.4 Å². The summed E-state index contributed by atoms with van der Waals surface area (Å²) in [6.45, 7) is 13.4. The average Bonchev–Trinajstić information content (AvgIpc) is 4.18. The molecule has 0 amide bonds. The molecule has 396 valence electrons. The van der Waals surface area contributed by atoms with Crippen molar-refractivity contribution in [3.63, 3.8) is 0 Å². The molecular formula is C61H76N2O8S3. The fourth-order valence-corrected chi connectivity index (χ4v) is 13.7. The van der Waals surface area contributed by atoms with Crippen molar-refractivity contribution in [1.29, 1.82) is 0 Å². The molecule has 1 aliphatic carbocycles. The van der Waals surface area contributed by atoms with Crippen LogP contribution in [0.1, 0.15) is 176 Å². The van der Waals surface area contributed by atoms with Crippen LogP contribution in [-0.2, 0) is 56.4 Å². The maximum Gasteiger partial charge on any atom is 0.305 e. The lowest BCUT2D eigenvalue weighted by Gasteiger charge is -2.33. The molecule has 0 aliphatic heterocycles. The number of aromatic nitrogens is 2. The zero-order valence-electron chi connectivity index (χ0n) is 44.6. The summed E-state index contributed by atoms with van der Waals surface area (Å²) in [5.74, 6) is -0.523. The van der Waals surface area contributed by atoms with Crippen LogP contribution in [0.4, 0.5) is 0 Å². The first-order chi connectivity index (χ1) is 36.0. The molecule has 3 aromatic heterocycles. The molecule has 0 spiro atoms. The van der Waals surface area contributed by atoms with Crippen LogP contribution in [0.25, 0.3) is 53.5 Å². The molecule has 10 nitrogen and oxygen atoms in total. The fourth-order valence-electron chi connectivity index (χ4n) is 10.8. The smallest absolute Gasteiger partial charge is 0.305 e. The Balaban J connectivity index is 1.24. The second kappa shape index (κ2) is 28.1. The van der Waals surface area contributed by atoms with Crippen LogP contribution in [0.15, 0.2) is 60.7 Å². The molecular weight excluding hydrogens is 985 g/mol. The van der Waals surface area contributed by atoms with E-state index in [0.717, 1.165) is 125 Å². The molecule has 0 atom stereocenters. The number of carbonyl (C=O) groups excluding carboxylic acids is 4. The first kappa shape index (κ1) is 56.5. The molecule has 7 rings (SSSR count). The maximum atomic E-state index is 12.3. The van der Waals surface area contributed by atoms with Crippen LogP contribution in [0.5, 0.6) is 0 Å². The molecule has 13 heteroatoms. The van der Waals surface area contributed by atoms with E-state index in [9.17, 15) is 19.2 Å². The minimum absolute atomic E-state index is 0.123. The van der Waals surface area contributed by atoms with Gasteiger partial charge in [0.05, 0.1) is 38.2 Å². The fraction of sp³-hybridized carbons (Fsp3) is 0.508. The first-order valence-corrected chi connectivity index (χ1v) is 29.7. The predicted octanol–water partition coefficient (Wildman–Crippen LogP) is 16.1. The van der Waals surface area contributed by atoms with Gasteiger partial charge in [0, 0.05) is 61.7 Å². The van der Waals surface area contributed by atoms with Gasteiger partial charge in [-0.15, -0.1) is 22.7 Å². The third kappa shape index (κ3) is 14.4. The van der Waals surface area contributed by atoms with Crippen molar-refractivity contribution in [2.45, 2.75) is 175 Å². The van der Waals surface area contributed by atoms with E-state index < -0.39 is 0 Å². The summed E-state index contributed by atoms with van der Waals surface area (Å²) in [4.78, 5) is 53.8. The van der Waals surface area contributed by atoms with Crippen molar-refractivity contribution in [3.05, 3.63) is 93.4 Å². The summed E-state index contributed by atoms with van der Waals surface area (Å²) in [5, 5.41) is 0. The highest BCUT2D eigenvalue weighted by atomic mass is 32.1. The summed E-state index contributed by atoms with van der Waals surface area (Å²) in [6, 6.07) is 23.3. The van der Waals surface area contributed by atoms with Crippen LogP contribution < -0.4 is 0 Å². The summed E-state index contributed by atoms with van der Waals surface area (Å²) in [7, 11) is 0. The van der Waals surface area contributed by atoms with E-state index in [2.05, 4.69) is 74.5 Å². The number of thiophene rings is 2. The third-order valence-corrected chi connectivity index (χ3v) is 17.2. The minimum Gasteiger partial charge on any atom is -0.466 e. The molecule has 6 aromatic rings. The zero-order chi connectivity index (χ0) is 52.5. The Bertz CT molecular complexity index is 2810. The van der Waals surface area contributed by atoms with Gasteiger partial charge in [-0.25, -0.2) is 0 Å². The quantitative estimate of drug-likeness (QED) is 0.0236. The number of hydrogen-bond acceptors (Lipinski definition) is 13. The second-order valence-electron chi connectivity index (χ2n) is 19.7. The minimum atomic E-state index is -0.238. The molecule has 3 heterocycles. The number of aryl methyl sites for hydroxylation is 4. The molecule has 1 aliphatic rings. The Morgan fingerprint density at radius 2 is 0.905 bits per heavy atom. The van der Waals surface area contributed by atoms with Crippen LogP contribution >= 0.6 is 34.4 Å². The lowest BCUT2D eigenvalue weighted by Crippen LogP contribution is -2.26. The molecule has 0 saturated carbocycles. The molecule has 0 radical (unpaired) electrons. The Kier molecular flexibility index (Phi) is 21.4. The van der Waals surface area contributed by atoms with Crippen molar-refractivity contribution in [2.75, 3.05) is 26.4 Å². The lowest BCUT2D eigenvalue weighted by molar-refractivity contribution is -0.144. The third-order valence-electron chi connectivity index (χ3n) is 14.3. The van der Waals surface area contributed by atoms with E-state index in [1.54, 1.807) is 0 Å². The second-order valence-corrected chi connectivity index (χ2v) is 22.5. The van der Waals surface area contributed by atoms with Gasteiger partial charge >= 0.3 is 23.9 Å². The van der Waals surface area contributed by atoms with Gasteiger partial charge in [0.2, 0.25) is 0 Å². The number of benzene rings is 3. The molecule has 0 fully saturated rings. The molecule has 0 saturated heterocycles. The molecule has 74 heavy (non-hydrogen) atoms. The Morgan fingerprint density at radius 1 is 0.473 bits per heavy atom. The number of fused-ring (bicyclic) bond motifs is 4. The largest absolute Gasteiger partial charge is 0.466 e. The summed E-state index contributed by atoms with van der Waals surface area (Å²) in [6.07, 6.45) is 16.2. The number of unbranched alkanes of at least 4 members (excludes halogenated alkanes) is 8. The number of carbonyl (C=O) groups is 4. The number of hydrogen-bond donors (Lipinski definition) is 0. The SMILES string of the molecule is CCOC(=O)CCCCCc1cc(C)sc1-c1ccc(-c2sc(-c3ccc4c(c3)C(CCCCCC(=O)OCC)(CCCCCC(=O)OCC)c3cc(C)ccc3-4)cc2CCCCCC(=O)OCC)c2nsnc12. The Hall–Kier alpha value is -5.24. The summed E-state index contributed by atoms with van der Waals surface area (Å²) < 4.78 is 30.9. The molecule has 0 unspecified atom stereocenters. The van der Waals surface area contributed by atoms with Crippen molar-refractivity contribution in [1.82, 2.24) is 8.75 Å². The van der Waals surface area contributed by atoms with Crippen molar-refractivity contribution >= 4 is 69.3 Å². The standard InChI is InChI=1S/C61H76N2O8S3/c1-7-68-53(64)25-17-11-15-23-44-38-42(6)72-59(44)48-33-34-49(58-57(48)62-74-63-58)60-45(24-16-12-18-26-54(65)69-8-2)40-52(73-60)43-30-32-47-46-31-29-41(5)37-50(46)61(51(47)39-43,35-21-13-19-27-55(66)70-9-3)36-22-14-20-28-56(67)71-10-4/h29-34,37-40H,7-28,35-36H2,1-6H3. The first-order valence-electron chi connectivity index (χ1n) is 27.4. The van der Waals surface area contributed by atoms with Gasteiger partial charge in [-0.05, 0) is 163 Å². The maximum absolute atomic E-state index is 12.3. The van der Waals surface area contributed by atoms with E-state index >= 15 is 0 Å². The van der Waals surface area contributed by atoms with Gasteiger partial charge in [0.25, 0.3) is 0 Å². The highest BCUT2D eigenvalue weighted by Crippen LogP contribution is 2.56. The van der Waals surface area contributed by atoms with Gasteiger partial charge < -0.3 is 18.9 Å². The topological polar surface area (TPSA) is 131 Å². The van der Waals surface area contributed by atoms with Gasteiger partial charge in [0.1, 0.15) is 11.0 Å². The Labute approximate surface area is 451 Å². The summed E-state index contributed by atoms with van der Waals surface area (Å²) >= 11 is 4.90. The van der Waals surface area contributed by atoms with Crippen LogP contribution in [0.2, 0.25) is 0 Å². The van der Waals surface area contributed by atoms with E-state index in [-0.39, 0.29) is 29.3 Å². The van der Waals surface area contributed by atoms with Gasteiger partial charge in [0.15, 0.2) is 0 Å². The lowest BCUT2D eigenvalue weighted by atomic mass is 9.70. The number of ether oxygens (including phenoxy) is 4. The van der Waals surface area contributed by atoms with E-state index in [4.69, 9.17) is 27.7 Å². The zero-order valence-corrected chi connectivity index (χ0v) is 47.1. The molecule has 0 bridgehead atoms. The van der Waals surface area contributed by atoms with E-state index in [1.165, 1.54) is 75.7 Å². The van der Waals surface area contributed by atoms with Gasteiger partial charge in [-0.2, -0.15) is 8.75 Å². The number of esters is 4. The monoisotopic (exact) mass is 1060 g/mol. The highest BCUT2D eigenvalue weighted by molar-refractivity contribution is 7.19. The summed E-state index contributed by atoms with van der Waals surface area (Å²) in [5.41, 5.74) is 14.1. The average molecular weight is 1060 g/mol. The van der Waals surface area contributed by atoms with Crippen LogP contribution in [0.3, 0.4) is 0 Å². The number of rotatable bonds is 31. The van der Waals surface area contributed by atoms with Crippen molar-refractivity contribution in [3.8, 4) is 42.4 Å². The normalized spacial score (nSPS) is 12.5. The predicted molar refractivity (Wildman–Crippen MR) is 302 cm³/mol.